The van der Waals surface area contributed by atoms with E-state index in [0.29, 0.717) is 11.1 Å². The molecule has 0 fully saturated rings. The quantitative estimate of drug-likeness (QED) is 0.307. The third-order valence-electron chi connectivity index (χ3n) is 3.28. The predicted molar refractivity (Wildman–Crippen MR) is 91.2 cm³/mol. The van der Waals surface area contributed by atoms with Gasteiger partial charge in [-0.1, -0.05) is 11.6 Å². The van der Waals surface area contributed by atoms with Crippen molar-refractivity contribution in [3.63, 3.8) is 0 Å². The zero-order valence-corrected chi connectivity index (χ0v) is 14.0. The lowest BCUT2D eigenvalue weighted by Gasteiger charge is -2.12. The van der Waals surface area contributed by atoms with Crippen LogP contribution in [0.2, 0.25) is 5.02 Å². The van der Waals surface area contributed by atoms with E-state index >= 15 is 0 Å². The molecule has 0 aliphatic heterocycles. The van der Waals surface area contributed by atoms with Crippen molar-refractivity contribution in [2.45, 2.75) is 6.61 Å². The van der Waals surface area contributed by atoms with Crippen molar-refractivity contribution in [2.75, 3.05) is 7.11 Å². The van der Waals surface area contributed by atoms with E-state index in [2.05, 4.69) is 4.74 Å². The van der Waals surface area contributed by atoms with Gasteiger partial charge in [0.05, 0.1) is 28.7 Å². The van der Waals surface area contributed by atoms with Crippen LogP contribution in [0.15, 0.2) is 36.4 Å². The summed E-state index contributed by atoms with van der Waals surface area (Å²) in [6.07, 6.45) is 1.45. The number of benzene rings is 2. The monoisotopic (exact) mass is 380 g/mol. The van der Waals surface area contributed by atoms with Crippen LogP contribution in [0.1, 0.15) is 11.1 Å². The predicted octanol–water partition coefficient (Wildman–Crippen LogP) is 4.92. The molecule has 0 atom stereocenters. The number of nitrogens with zero attached hydrogens (tertiary/aromatic N) is 2. The summed E-state index contributed by atoms with van der Waals surface area (Å²) in [7, 11) is 1.26. The van der Waals surface area contributed by atoms with Gasteiger partial charge < -0.3 is 9.47 Å². The number of halogens is 3. The van der Waals surface area contributed by atoms with Gasteiger partial charge in [-0.05, 0) is 41.5 Å². The van der Waals surface area contributed by atoms with Crippen molar-refractivity contribution < 1.29 is 23.2 Å². The molecule has 2 rings (SSSR count). The molecule has 9 heteroatoms. The van der Waals surface area contributed by atoms with Gasteiger partial charge >= 0.3 is 6.61 Å². The Morgan fingerprint density at radius 1 is 1.35 bits per heavy atom. The van der Waals surface area contributed by atoms with E-state index in [-0.39, 0.29) is 27.8 Å². The summed E-state index contributed by atoms with van der Waals surface area (Å²) in [4.78, 5) is 10.1. The van der Waals surface area contributed by atoms with Crippen molar-refractivity contribution in [2.24, 2.45) is 0 Å². The molecule has 0 saturated carbocycles. The highest BCUT2D eigenvalue weighted by Crippen LogP contribution is 2.38. The Morgan fingerprint density at radius 3 is 2.50 bits per heavy atom. The third kappa shape index (κ3) is 4.46. The third-order valence-corrected chi connectivity index (χ3v) is 3.56. The van der Waals surface area contributed by atoms with Gasteiger partial charge in [0.15, 0.2) is 11.5 Å². The maximum absolute atomic E-state index is 12.5. The van der Waals surface area contributed by atoms with E-state index in [1.807, 2.05) is 6.07 Å². The van der Waals surface area contributed by atoms with E-state index in [1.165, 1.54) is 49.6 Å². The van der Waals surface area contributed by atoms with Gasteiger partial charge in [0.1, 0.15) is 0 Å². The highest BCUT2D eigenvalue weighted by atomic mass is 35.5. The Labute approximate surface area is 152 Å². The SMILES string of the molecule is COc1cc(/C=C(\C#N)c2ccc([N+](=O)[O-])cc2)cc(Cl)c1OC(F)F. The van der Waals surface area contributed by atoms with Crippen LogP contribution in [-0.4, -0.2) is 18.6 Å². The number of hydrogen-bond donors (Lipinski definition) is 0. The topological polar surface area (TPSA) is 85.4 Å². The van der Waals surface area contributed by atoms with Crippen LogP contribution >= 0.6 is 11.6 Å². The molecule has 0 aliphatic rings. The fourth-order valence-electron chi connectivity index (χ4n) is 2.14. The van der Waals surface area contributed by atoms with Crippen LogP contribution < -0.4 is 9.47 Å². The molecule has 2 aromatic carbocycles. The summed E-state index contributed by atoms with van der Waals surface area (Å²) >= 11 is 5.96. The van der Waals surface area contributed by atoms with Gasteiger partial charge in [-0.3, -0.25) is 10.1 Å². The van der Waals surface area contributed by atoms with E-state index < -0.39 is 11.5 Å². The van der Waals surface area contributed by atoms with Crippen LogP contribution in [0.4, 0.5) is 14.5 Å². The number of nitro benzene ring substituents is 1. The maximum atomic E-state index is 12.5. The summed E-state index contributed by atoms with van der Waals surface area (Å²) in [6, 6.07) is 10.1. The van der Waals surface area contributed by atoms with Crippen molar-refractivity contribution in [3.05, 3.63) is 62.7 Å². The minimum atomic E-state index is -3.07. The molecule has 6 nitrogen and oxygen atoms in total. The molecule has 0 saturated heterocycles. The van der Waals surface area contributed by atoms with Gasteiger partial charge in [-0.25, -0.2) is 0 Å². The van der Waals surface area contributed by atoms with Gasteiger partial charge in [-0.2, -0.15) is 14.0 Å². The average molecular weight is 381 g/mol. The average Bonchev–Trinajstić information content (AvgIpc) is 2.61. The number of non-ortho nitro benzene ring substituents is 1. The lowest BCUT2D eigenvalue weighted by molar-refractivity contribution is -0.384. The number of hydrogen-bond acceptors (Lipinski definition) is 5. The lowest BCUT2D eigenvalue weighted by atomic mass is 10.0. The number of allylic oxidation sites excluding steroid dienone is 1. The highest BCUT2D eigenvalue weighted by molar-refractivity contribution is 6.32. The van der Waals surface area contributed by atoms with Crippen molar-refractivity contribution in [1.29, 1.82) is 5.26 Å². The molecule has 2 aromatic rings. The number of nitro groups is 1. The Kier molecular flexibility index (Phi) is 6.09. The molecule has 0 aromatic heterocycles. The molecule has 0 unspecified atom stereocenters. The first kappa shape index (κ1) is 19.1. The molecule has 134 valence electrons. The molecule has 0 amide bonds. The fraction of sp³-hybridized carbons (Fsp3) is 0.118. The molecular weight excluding hydrogens is 370 g/mol. The van der Waals surface area contributed by atoms with Gasteiger partial charge in [0.25, 0.3) is 5.69 Å². The Bertz CT molecular complexity index is 893. The van der Waals surface area contributed by atoms with Crippen LogP contribution in [0.3, 0.4) is 0 Å². The van der Waals surface area contributed by atoms with Crippen LogP contribution in [0.25, 0.3) is 11.6 Å². The zero-order chi connectivity index (χ0) is 19.3. The number of rotatable bonds is 6. The number of alkyl halides is 2. The van der Waals surface area contributed by atoms with E-state index in [1.54, 1.807) is 0 Å². The first-order valence-corrected chi connectivity index (χ1v) is 7.42. The van der Waals surface area contributed by atoms with Crippen molar-refractivity contribution in [3.8, 4) is 17.6 Å². The summed E-state index contributed by atoms with van der Waals surface area (Å²) in [5.74, 6) is -0.333. The van der Waals surface area contributed by atoms with Gasteiger partial charge in [0, 0.05) is 12.1 Å². The zero-order valence-electron chi connectivity index (χ0n) is 13.3. The molecule has 0 N–H and O–H groups in total. The van der Waals surface area contributed by atoms with Crippen molar-refractivity contribution in [1.82, 2.24) is 0 Å². The van der Waals surface area contributed by atoms with Gasteiger partial charge in [-0.15, -0.1) is 0 Å². The Hall–Kier alpha value is -3.18. The second-order valence-electron chi connectivity index (χ2n) is 4.89. The Balaban J connectivity index is 2.44. The maximum Gasteiger partial charge on any atom is 0.387 e. The smallest absolute Gasteiger partial charge is 0.387 e. The van der Waals surface area contributed by atoms with Crippen LogP contribution in [-0.2, 0) is 0 Å². The molecule has 26 heavy (non-hydrogen) atoms. The number of nitriles is 1. The number of methoxy groups -OCH3 is 1. The summed E-state index contributed by atoms with van der Waals surface area (Å²) in [5.41, 5.74) is 0.939. The normalized spacial score (nSPS) is 11.2. The second kappa shape index (κ2) is 8.27. The molecule has 0 aliphatic carbocycles. The Morgan fingerprint density at radius 2 is 2.00 bits per heavy atom. The molecule has 0 spiro atoms. The number of ether oxygens (including phenoxy) is 2. The van der Waals surface area contributed by atoms with E-state index in [4.69, 9.17) is 16.3 Å². The highest BCUT2D eigenvalue weighted by Gasteiger charge is 2.16. The minimum absolute atomic E-state index is 0.0231. The van der Waals surface area contributed by atoms with Crippen LogP contribution in [0, 0.1) is 21.4 Å². The standard InChI is InChI=1S/C17H11ClF2N2O4/c1-25-15-8-10(7-14(18)16(15)26-17(19)20)6-12(9-21)11-2-4-13(5-3-11)22(23)24/h2-8,17H,1H3/b12-6+. The molecule has 0 radical (unpaired) electrons. The lowest BCUT2D eigenvalue weighted by Crippen LogP contribution is -2.04. The summed E-state index contributed by atoms with van der Waals surface area (Å²) in [6.45, 7) is -3.07. The summed E-state index contributed by atoms with van der Waals surface area (Å²) < 4.78 is 34.2. The molecular formula is C17H11ClF2N2O4. The van der Waals surface area contributed by atoms with E-state index in [9.17, 15) is 24.2 Å². The van der Waals surface area contributed by atoms with Crippen LogP contribution in [0.5, 0.6) is 11.5 Å². The first-order valence-electron chi connectivity index (χ1n) is 7.04. The summed E-state index contributed by atoms with van der Waals surface area (Å²) in [5, 5.41) is 19.9. The molecule has 0 heterocycles. The van der Waals surface area contributed by atoms with Gasteiger partial charge in [0.2, 0.25) is 0 Å². The molecule has 0 bridgehead atoms. The fourth-order valence-corrected chi connectivity index (χ4v) is 2.40. The van der Waals surface area contributed by atoms with E-state index in [0.717, 1.165) is 0 Å². The largest absolute Gasteiger partial charge is 0.493 e. The first-order chi connectivity index (χ1) is 12.3. The second-order valence-corrected chi connectivity index (χ2v) is 5.29. The van der Waals surface area contributed by atoms with Crippen molar-refractivity contribution >= 4 is 28.9 Å². The minimum Gasteiger partial charge on any atom is -0.493 e.